The summed E-state index contributed by atoms with van der Waals surface area (Å²) in [5, 5.41) is 4.12. The largest absolute Gasteiger partial charge is 0.339 e. The monoisotopic (exact) mass is 436 g/mol. The van der Waals surface area contributed by atoms with Crippen LogP contribution in [0.15, 0.2) is 30.6 Å². The van der Waals surface area contributed by atoms with Gasteiger partial charge in [-0.25, -0.2) is 5.43 Å². The van der Waals surface area contributed by atoms with Crippen LogP contribution in [0.25, 0.3) is 0 Å². The second-order valence-electron chi connectivity index (χ2n) is 9.48. The van der Waals surface area contributed by atoms with Gasteiger partial charge < -0.3 is 9.80 Å². The van der Waals surface area contributed by atoms with E-state index in [-0.39, 0.29) is 17.9 Å². The van der Waals surface area contributed by atoms with Gasteiger partial charge in [0.1, 0.15) is 0 Å². The number of carbonyl (C=O) groups excluding carboxylic acids is 2. The maximum absolute atomic E-state index is 12.7. The minimum Gasteiger partial charge on any atom is -0.339 e. The van der Waals surface area contributed by atoms with Crippen molar-refractivity contribution in [3.8, 4) is 0 Å². The van der Waals surface area contributed by atoms with Crippen LogP contribution >= 0.6 is 0 Å². The van der Waals surface area contributed by atoms with Crippen LogP contribution in [-0.4, -0.2) is 53.2 Å². The lowest BCUT2D eigenvalue weighted by Gasteiger charge is -2.34. The molecule has 3 aliphatic rings. The summed E-state index contributed by atoms with van der Waals surface area (Å²) >= 11 is 0. The number of benzene rings is 1. The van der Waals surface area contributed by atoms with Gasteiger partial charge in [0.05, 0.1) is 17.8 Å². The molecule has 2 saturated heterocycles. The molecule has 2 N–H and O–H groups in total. The molecular weight excluding hydrogens is 404 g/mol. The molecule has 4 heterocycles. The van der Waals surface area contributed by atoms with Crippen molar-refractivity contribution in [2.24, 2.45) is 18.9 Å². The van der Waals surface area contributed by atoms with Gasteiger partial charge in [0.2, 0.25) is 5.91 Å². The first-order valence-electron chi connectivity index (χ1n) is 11.7. The van der Waals surface area contributed by atoms with Gasteiger partial charge >= 0.3 is 0 Å². The van der Waals surface area contributed by atoms with E-state index in [4.69, 9.17) is 0 Å². The molecule has 0 spiro atoms. The fraction of sp³-hybridized carbons (Fsp3) is 0.542. The lowest BCUT2D eigenvalue weighted by atomic mass is 9.82. The van der Waals surface area contributed by atoms with Crippen molar-refractivity contribution in [1.29, 1.82) is 0 Å². The van der Waals surface area contributed by atoms with Crippen molar-refractivity contribution in [2.45, 2.75) is 38.1 Å². The molecule has 8 nitrogen and oxygen atoms in total. The highest BCUT2D eigenvalue weighted by Gasteiger charge is 2.33. The fourth-order valence-corrected chi connectivity index (χ4v) is 5.49. The van der Waals surface area contributed by atoms with Gasteiger partial charge in [-0.3, -0.25) is 19.7 Å². The molecule has 2 aromatic rings. The number of hydrazine groups is 1. The molecule has 2 unspecified atom stereocenters. The summed E-state index contributed by atoms with van der Waals surface area (Å²) in [7, 11) is 3.70. The number of amides is 2. The number of anilines is 1. The maximum Gasteiger partial charge on any atom is 0.257 e. The summed E-state index contributed by atoms with van der Waals surface area (Å²) in [5.74, 6) is 1.43. The Bertz CT molecular complexity index is 1010. The SMILES string of the molecule is CN1C(=O)CCc2cc(C3NNCC3CC3CCN(C(=O)c4cnn(C)c4)CC3)ccc21. The average Bonchev–Trinajstić information content (AvgIpc) is 3.45. The molecule has 5 rings (SSSR count). The smallest absolute Gasteiger partial charge is 0.257 e. The molecule has 2 amide bonds. The highest BCUT2D eigenvalue weighted by Crippen LogP contribution is 2.36. The van der Waals surface area contributed by atoms with E-state index in [1.807, 2.05) is 19.0 Å². The van der Waals surface area contributed by atoms with Crippen LogP contribution in [-0.2, 0) is 18.3 Å². The van der Waals surface area contributed by atoms with E-state index in [0.717, 1.165) is 51.0 Å². The Kier molecular flexibility index (Phi) is 5.73. The Morgan fingerprint density at radius 2 is 2.00 bits per heavy atom. The number of carbonyl (C=O) groups is 2. The summed E-state index contributed by atoms with van der Waals surface area (Å²) in [6, 6.07) is 6.83. The van der Waals surface area contributed by atoms with Crippen LogP contribution < -0.4 is 15.8 Å². The van der Waals surface area contributed by atoms with Crippen molar-refractivity contribution in [3.63, 3.8) is 0 Å². The van der Waals surface area contributed by atoms with Crippen molar-refractivity contribution in [1.82, 2.24) is 25.5 Å². The van der Waals surface area contributed by atoms with E-state index >= 15 is 0 Å². The zero-order valence-corrected chi connectivity index (χ0v) is 18.9. The van der Waals surface area contributed by atoms with Crippen molar-refractivity contribution in [3.05, 3.63) is 47.3 Å². The first-order chi connectivity index (χ1) is 15.5. The topological polar surface area (TPSA) is 82.5 Å². The Morgan fingerprint density at radius 3 is 2.75 bits per heavy atom. The number of fused-ring (bicyclic) bond motifs is 1. The average molecular weight is 437 g/mol. The molecule has 1 aromatic carbocycles. The van der Waals surface area contributed by atoms with Crippen LogP contribution in [0.1, 0.15) is 53.2 Å². The number of likely N-dealkylation sites (tertiary alicyclic amines) is 1. The Morgan fingerprint density at radius 1 is 1.19 bits per heavy atom. The molecular formula is C24H32N6O2. The minimum absolute atomic E-state index is 0.0936. The van der Waals surface area contributed by atoms with Crippen LogP contribution in [0.4, 0.5) is 5.69 Å². The molecule has 2 fully saturated rings. The molecule has 8 heteroatoms. The molecule has 170 valence electrons. The number of aryl methyl sites for hydroxylation is 2. The number of nitrogens with zero attached hydrogens (tertiary/aromatic N) is 4. The number of rotatable bonds is 4. The van der Waals surface area contributed by atoms with Gasteiger partial charge in [0, 0.05) is 52.0 Å². The summed E-state index contributed by atoms with van der Waals surface area (Å²) in [4.78, 5) is 28.4. The van der Waals surface area contributed by atoms with Crippen LogP contribution in [0.5, 0.6) is 0 Å². The highest BCUT2D eigenvalue weighted by atomic mass is 16.2. The Hall–Kier alpha value is -2.71. The molecule has 0 radical (unpaired) electrons. The number of hydrogen-bond acceptors (Lipinski definition) is 5. The third kappa shape index (κ3) is 4.04. The normalized spacial score (nSPS) is 24.1. The molecule has 0 saturated carbocycles. The number of nitrogens with one attached hydrogen (secondary N) is 2. The maximum atomic E-state index is 12.7. The Balaban J connectivity index is 1.20. The van der Waals surface area contributed by atoms with Gasteiger partial charge in [-0.2, -0.15) is 5.10 Å². The molecule has 32 heavy (non-hydrogen) atoms. The zero-order valence-electron chi connectivity index (χ0n) is 18.9. The van der Waals surface area contributed by atoms with Gasteiger partial charge in [-0.05, 0) is 54.7 Å². The second-order valence-corrected chi connectivity index (χ2v) is 9.48. The Labute approximate surface area is 188 Å². The molecule has 2 atom stereocenters. The number of hydrogen-bond donors (Lipinski definition) is 2. The van der Waals surface area contributed by atoms with E-state index in [1.54, 1.807) is 22.0 Å². The van der Waals surface area contributed by atoms with Crippen LogP contribution in [0.3, 0.4) is 0 Å². The van der Waals surface area contributed by atoms with E-state index in [9.17, 15) is 9.59 Å². The van der Waals surface area contributed by atoms with Gasteiger partial charge in [-0.1, -0.05) is 12.1 Å². The van der Waals surface area contributed by atoms with Gasteiger partial charge in [0.15, 0.2) is 0 Å². The second kappa shape index (κ2) is 8.67. The van der Waals surface area contributed by atoms with Crippen LogP contribution in [0.2, 0.25) is 0 Å². The van der Waals surface area contributed by atoms with Crippen molar-refractivity contribution >= 4 is 17.5 Å². The zero-order chi connectivity index (χ0) is 22.2. The minimum atomic E-state index is 0.0936. The van der Waals surface area contributed by atoms with Crippen LogP contribution in [0, 0.1) is 11.8 Å². The fourth-order valence-electron chi connectivity index (χ4n) is 5.49. The molecule has 3 aliphatic heterocycles. The number of aromatic nitrogens is 2. The van der Waals surface area contributed by atoms with E-state index in [0.29, 0.717) is 23.8 Å². The first-order valence-corrected chi connectivity index (χ1v) is 11.7. The highest BCUT2D eigenvalue weighted by molar-refractivity contribution is 5.96. The quantitative estimate of drug-likeness (QED) is 0.767. The summed E-state index contributed by atoms with van der Waals surface area (Å²) in [6.45, 7) is 2.58. The molecule has 1 aromatic heterocycles. The van der Waals surface area contributed by atoms with Gasteiger partial charge in [-0.15, -0.1) is 0 Å². The summed E-state index contributed by atoms with van der Waals surface area (Å²) in [6.07, 6.45) is 8.10. The van der Waals surface area contributed by atoms with E-state index in [2.05, 4.69) is 34.1 Å². The first kappa shape index (κ1) is 21.2. The third-order valence-electron chi connectivity index (χ3n) is 7.39. The molecule has 0 aliphatic carbocycles. The molecule has 0 bridgehead atoms. The standard InChI is InChI=1S/C24H32N6O2/c1-28-15-20(14-26-28)24(32)30-9-7-16(8-10-30)11-19-13-25-27-23(19)18-3-5-21-17(12-18)4-6-22(31)29(21)2/h3,5,12,14-16,19,23,25,27H,4,6-11,13H2,1-2H3. The summed E-state index contributed by atoms with van der Waals surface area (Å²) in [5.41, 5.74) is 11.1. The van der Waals surface area contributed by atoms with E-state index < -0.39 is 0 Å². The summed E-state index contributed by atoms with van der Waals surface area (Å²) < 4.78 is 1.68. The van der Waals surface area contributed by atoms with Gasteiger partial charge in [0.25, 0.3) is 5.91 Å². The predicted molar refractivity (Wildman–Crippen MR) is 122 cm³/mol. The third-order valence-corrected chi connectivity index (χ3v) is 7.39. The lowest BCUT2D eigenvalue weighted by molar-refractivity contribution is -0.118. The van der Waals surface area contributed by atoms with E-state index in [1.165, 1.54) is 11.1 Å². The predicted octanol–water partition coefficient (Wildman–Crippen LogP) is 2.04. The number of piperidine rings is 1. The van der Waals surface area contributed by atoms with Crippen molar-refractivity contribution < 1.29 is 9.59 Å². The van der Waals surface area contributed by atoms with Crippen molar-refractivity contribution in [2.75, 3.05) is 31.6 Å². The lowest BCUT2D eigenvalue weighted by Crippen LogP contribution is -2.39.